The van der Waals surface area contributed by atoms with Crippen LogP contribution in [0.1, 0.15) is 48.0 Å². The topological polar surface area (TPSA) is 41.6 Å². The first-order valence-corrected chi connectivity index (χ1v) is 11.5. The first kappa shape index (κ1) is 20.1. The number of nitrogens with zero attached hydrogens (tertiary/aromatic N) is 1. The minimum absolute atomic E-state index is 0.112. The Morgan fingerprint density at radius 1 is 0.968 bits per heavy atom. The normalized spacial score (nSPS) is 18.3. The molecule has 3 aromatic rings. The van der Waals surface area contributed by atoms with Gasteiger partial charge in [-0.1, -0.05) is 67.8 Å². The lowest BCUT2D eigenvalue weighted by Crippen LogP contribution is -2.62. The molecular weight excluding hydrogens is 384 g/mol. The third kappa shape index (κ3) is 4.31. The maximum atomic E-state index is 13.6. The summed E-state index contributed by atoms with van der Waals surface area (Å²) in [6.07, 6.45) is 6.16. The molecule has 0 unspecified atom stereocenters. The van der Waals surface area contributed by atoms with Crippen molar-refractivity contribution in [3.8, 4) is 5.75 Å². The second-order valence-electron chi connectivity index (χ2n) is 8.96. The molecule has 160 valence electrons. The third-order valence-electron chi connectivity index (χ3n) is 6.81. The zero-order valence-electron chi connectivity index (χ0n) is 18.0. The van der Waals surface area contributed by atoms with Crippen LogP contribution in [0.5, 0.6) is 5.75 Å². The maximum absolute atomic E-state index is 13.6. The fraction of sp³-hybridized carbons (Fsp3) is 0.370. The van der Waals surface area contributed by atoms with Crippen LogP contribution in [0.2, 0.25) is 0 Å². The van der Waals surface area contributed by atoms with Crippen LogP contribution in [0.15, 0.2) is 66.7 Å². The highest BCUT2D eigenvalue weighted by molar-refractivity contribution is 6.07. The molecule has 1 saturated heterocycles. The van der Waals surface area contributed by atoms with E-state index in [1.54, 1.807) is 0 Å². The van der Waals surface area contributed by atoms with E-state index in [1.807, 2.05) is 48.5 Å². The summed E-state index contributed by atoms with van der Waals surface area (Å²) in [4.78, 5) is 15.7. The lowest BCUT2D eigenvalue weighted by atomic mass is 9.80. The molecule has 0 atom stereocenters. The van der Waals surface area contributed by atoms with E-state index in [9.17, 15) is 4.79 Å². The number of benzene rings is 3. The summed E-state index contributed by atoms with van der Waals surface area (Å²) in [5.41, 5.74) is 2.02. The van der Waals surface area contributed by atoms with Crippen LogP contribution < -0.4 is 10.1 Å². The van der Waals surface area contributed by atoms with Gasteiger partial charge in [0.05, 0.1) is 0 Å². The lowest BCUT2D eigenvalue weighted by Gasteiger charge is -2.46. The molecule has 0 bridgehead atoms. The second-order valence-corrected chi connectivity index (χ2v) is 8.96. The number of ether oxygens (including phenoxy) is 1. The van der Waals surface area contributed by atoms with Crippen molar-refractivity contribution in [2.45, 2.75) is 44.2 Å². The molecule has 4 nitrogen and oxygen atoms in total. The molecule has 2 fully saturated rings. The molecule has 1 saturated carbocycles. The third-order valence-corrected chi connectivity index (χ3v) is 6.81. The van der Waals surface area contributed by atoms with Gasteiger partial charge in [0, 0.05) is 30.7 Å². The Morgan fingerprint density at radius 2 is 1.81 bits per heavy atom. The van der Waals surface area contributed by atoms with Crippen molar-refractivity contribution in [2.24, 2.45) is 0 Å². The number of hydrogen-bond donors (Lipinski definition) is 1. The quantitative estimate of drug-likeness (QED) is 0.641. The van der Waals surface area contributed by atoms with E-state index >= 15 is 0 Å². The highest BCUT2D eigenvalue weighted by Crippen LogP contribution is 2.32. The van der Waals surface area contributed by atoms with Gasteiger partial charge in [-0.25, -0.2) is 0 Å². The predicted octanol–water partition coefficient (Wildman–Crippen LogP) is 5.17. The summed E-state index contributed by atoms with van der Waals surface area (Å²) < 4.78 is 6.04. The average molecular weight is 415 g/mol. The fourth-order valence-corrected chi connectivity index (χ4v) is 5.13. The number of nitrogens with one attached hydrogen (secondary N) is 1. The van der Waals surface area contributed by atoms with Crippen molar-refractivity contribution in [1.29, 1.82) is 0 Å². The zero-order chi connectivity index (χ0) is 21.1. The van der Waals surface area contributed by atoms with Crippen molar-refractivity contribution < 1.29 is 9.53 Å². The van der Waals surface area contributed by atoms with Gasteiger partial charge in [0.2, 0.25) is 0 Å². The molecule has 0 radical (unpaired) electrons. The van der Waals surface area contributed by atoms with Crippen molar-refractivity contribution in [3.63, 3.8) is 0 Å². The van der Waals surface area contributed by atoms with E-state index < -0.39 is 0 Å². The van der Waals surface area contributed by atoms with Crippen LogP contribution in [0.3, 0.4) is 0 Å². The molecule has 31 heavy (non-hydrogen) atoms. The number of hydrogen-bond acceptors (Lipinski definition) is 3. The molecule has 1 amide bonds. The zero-order valence-corrected chi connectivity index (χ0v) is 18.0. The molecule has 4 heteroatoms. The number of rotatable bonds is 4. The Balaban J connectivity index is 1.39. The summed E-state index contributed by atoms with van der Waals surface area (Å²) in [6.45, 7) is 2.97. The van der Waals surface area contributed by atoms with Gasteiger partial charge in [0.1, 0.15) is 12.4 Å². The molecule has 5 rings (SSSR count). The van der Waals surface area contributed by atoms with Crippen molar-refractivity contribution >= 4 is 16.7 Å². The smallest absolute Gasteiger partial charge is 0.254 e. The van der Waals surface area contributed by atoms with Gasteiger partial charge in [-0.3, -0.25) is 4.79 Å². The average Bonchev–Trinajstić information content (AvgIpc) is 2.83. The van der Waals surface area contributed by atoms with Crippen LogP contribution in [0.25, 0.3) is 10.8 Å². The van der Waals surface area contributed by atoms with E-state index in [4.69, 9.17) is 4.74 Å². The molecule has 1 aliphatic heterocycles. The summed E-state index contributed by atoms with van der Waals surface area (Å²) in [5, 5.41) is 5.77. The SMILES string of the molecule is O=C(c1cccc2ccc(OCc3ccccc3)cc12)N1CCNC2(CCCCC2)C1. The van der Waals surface area contributed by atoms with Crippen LogP contribution >= 0.6 is 0 Å². The number of carbonyl (C=O) groups excluding carboxylic acids is 1. The fourth-order valence-electron chi connectivity index (χ4n) is 5.13. The van der Waals surface area contributed by atoms with E-state index in [-0.39, 0.29) is 11.4 Å². The van der Waals surface area contributed by atoms with Crippen molar-refractivity contribution in [1.82, 2.24) is 10.2 Å². The van der Waals surface area contributed by atoms with Gasteiger partial charge >= 0.3 is 0 Å². The van der Waals surface area contributed by atoms with Gasteiger partial charge in [-0.15, -0.1) is 0 Å². The van der Waals surface area contributed by atoms with Crippen molar-refractivity contribution in [3.05, 3.63) is 77.9 Å². The lowest BCUT2D eigenvalue weighted by molar-refractivity contribution is 0.0560. The van der Waals surface area contributed by atoms with Gasteiger partial charge in [-0.2, -0.15) is 0 Å². The number of carbonyl (C=O) groups is 1. The second kappa shape index (κ2) is 8.72. The first-order chi connectivity index (χ1) is 15.2. The number of fused-ring (bicyclic) bond motifs is 1. The number of amides is 1. The molecule has 3 aromatic carbocycles. The van der Waals surface area contributed by atoms with Crippen molar-refractivity contribution in [2.75, 3.05) is 19.6 Å². The molecule has 1 heterocycles. The molecule has 0 aromatic heterocycles. The summed E-state index contributed by atoms with van der Waals surface area (Å²) in [6, 6.07) is 22.2. The number of piperazine rings is 1. The predicted molar refractivity (Wildman–Crippen MR) is 124 cm³/mol. The monoisotopic (exact) mass is 414 g/mol. The minimum Gasteiger partial charge on any atom is -0.489 e. The molecule has 1 aliphatic carbocycles. The Labute approximate surface area is 184 Å². The highest BCUT2D eigenvalue weighted by Gasteiger charge is 2.38. The van der Waals surface area contributed by atoms with Gasteiger partial charge in [0.25, 0.3) is 5.91 Å². The van der Waals surface area contributed by atoms with Gasteiger partial charge in [0.15, 0.2) is 0 Å². The molecular formula is C27H30N2O2. The largest absolute Gasteiger partial charge is 0.489 e. The van der Waals surface area contributed by atoms with E-state index in [2.05, 4.69) is 28.4 Å². The minimum atomic E-state index is 0.112. The summed E-state index contributed by atoms with van der Waals surface area (Å²) in [7, 11) is 0. The van der Waals surface area contributed by atoms with Gasteiger partial charge < -0.3 is 15.0 Å². The van der Waals surface area contributed by atoms with Crippen LogP contribution in [-0.4, -0.2) is 36.0 Å². The first-order valence-electron chi connectivity index (χ1n) is 11.5. The summed E-state index contributed by atoms with van der Waals surface area (Å²) in [5.74, 6) is 0.929. The summed E-state index contributed by atoms with van der Waals surface area (Å²) >= 11 is 0. The van der Waals surface area contributed by atoms with Crippen LogP contribution in [0.4, 0.5) is 0 Å². The van der Waals surface area contributed by atoms with Crippen LogP contribution in [0, 0.1) is 0 Å². The Hall–Kier alpha value is -2.85. The Morgan fingerprint density at radius 3 is 2.65 bits per heavy atom. The van der Waals surface area contributed by atoms with Crippen LogP contribution in [-0.2, 0) is 6.61 Å². The Bertz CT molecular complexity index is 1050. The van der Waals surface area contributed by atoms with E-state index in [1.165, 1.54) is 32.1 Å². The molecule has 1 spiro atoms. The highest BCUT2D eigenvalue weighted by atomic mass is 16.5. The Kier molecular flexibility index (Phi) is 5.65. The molecule has 1 N–H and O–H groups in total. The van der Waals surface area contributed by atoms with E-state index in [0.29, 0.717) is 6.61 Å². The maximum Gasteiger partial charge on any atom is 0.254 e. The molecule has 2 aliphatic rings. The standard InChI is InChI=1S/C27H30N2O2/c30-26(29-17-16-28-27(20-29)14-5-2-6-15-27)24-11-7-10-22-12-13-23(18-25(22)24)31-19-21-8-3-1-4-9-21/h1,3-4,7-13,18,28H,2,5-6,14-17,19-20H2. The van der Waals surface area contributed by atoms with E-state index in [0.717, 1.165) is 47.3 Å². The van der Waals surface area contributed by atoms with Gasteiger partial charge in [-0.05, 0) is 47.4 Å².